The summed E-state index contributed by atoms with van der Waals surface area (Å²) in [5.41, 5.74) is 2.54. The lowest BCUT2D eigenvalue weighted by Gasteiger charge is -2.25. The van der Waals surface area contributed by atoms with Gasteiger partial charge in [0.05, 0.1) is 23.7 Å². The van der Waals surface area contributed by atoms with Crippen molar-refractivity contribution < 1.29 is 45.1 Å². The topological polar surface area (TPSA) is 140 Å². The van der Waals surface area contributed by atoms with E-state index in [1.165, 1.54) is 36.1 Å². The van der Waals surface area contributed by atoms with E-state index in [4.69, 9.17) is 4.74 Å². The SMILES string of the molecule is CC(=O)Nc1ccc(S(=O)(=O)N2CCN(c3c(F)cc(N4CC(CNC(=O)C(F)F)OC4=O)cc3F)CCN2)cc1. The van der Waals surface area contributed by atoms with Crippen LogP contribution in [0.25, 0.3) is 0 Å². The lowest BCUT2D eigenvalue weighted by atomic mass is 10.2. The van der Waals surface area contributed by atoms with Gasteiger partial charge in [-0.3, -0.25) is 14.5 Å². The van der Waals surface area contributed by atoms with Gasteiger partial charge >= 0.3 is 12.5 Å². The van der Waals surface area contributed by atoms with Crippen molar-refractivity contribution in [1.29, 1.82) is 0 Å². The molecule has 2 aliphatic heterocycles. The zero-order valence-corrected chi connectivity index (χ0v) is 22.4. The van der Waals surface area contributed by atoms with Crippen LogP contribution in [0.4, 0.5) is 39.4 Å². The minimum Gasteiger partial charge on any atom is -0.442 e. The molecule has 1 unspecified atom stereocenters. The summed E-state index contributed by atoms with van der Waals surface area (Å²) in [6.45, 7) is 0.479. The van der Waals surface area contributed by atoms with E-state index in [2.05, 4.69) is 10.7 Å². The summed E-state index contributed by atoms with van der Waals surface area (Å²) in [5.74, 6) is -3.90. The minimum absolute atomic E-state index is 0.0221. The van der Waals surface area contributed by atoms with Crippen molar-refractivity contribution in [3.05, 3.63) is 48.0 Å². The summed E-state index contributed by atoms with van der Waals surface area (Å²) >= 11 is 0. The molecule has 41 heavy (non-hydrogen) atoms. The lowest BCUT2D eigenvalue weighted by Crippen LogP contribution is -2.43. The third-order valence-corrected chi connectivity index (χ3v) is 7.97. The maximum atomic E-state index is 15.2. The quantitative estimate of drug-likeness (QED) is 0.388. The molecule has 3 N–H and O–H groups in total. The Bertz CT molecular complexity index is 1410. The van der Waals surface area contributed by atoms with E-state index >= 15 is 8.78 Å². The van der Waals surface area contributed by atoms with Crippen molar-refractivity contribution in [1.82, 2.24) is 15.2 Å². The number of cyclic esters (lactones) is 1. The van der Waals surface area contributed by atoms with E-state index in [9.17, 15) is 31.6 Å². The average Bonchev–Trinajstić information content (AvgIpc) is 3.10. The van der Waals surface area contributed by atoms with Crippen LogP contribution in [0.15, 0.2) is 41.3 Å². The molecule has 2 aromatic rings. The molecular formula is C24H26F4N6O6S. The number of ether oxygens (including phenoxy) is 1. The van der Waals surface area contributed by atoms with Crippen LogP contribution in [-0.2, 0) is 24.3 Å². The molecule has 2 aromatic carbocycles. The number of hydrogen-bond donors (Lipinski definition) is 3. The number of nitrogens with one attached hydrogen (secondary N) is 3. The van der Waals surface area contributed by atoms with E-state index in [0.717, 1.165) is 21.4 Å². The Balaban J connectivity index is 1.43. The summed E-state index contributed by atoms with van der Waals surface area (Å²) in [6.07, 6.45) is -5.23. The van der Waals surface area contributed by atoms with Gasteiger partial charge in [-0.1, -0.05) is 0 Å². The Hall–Kier alpha value is -3.96. The van der Waals surface area contributed by atoms with Gasteiger partial charge in [0.1, 0.15) is 11.8 Å². The van der Waals surface area contributed by atoms with Crippen LogP contribution in [0.5, 0.6) is 0 Å². The third kappa shape index (κ3) is 6.86. The van der Waals surface area contributed by atoms with Gasteiger partial charge in [-0.2, -0.15) is 8.78 Å². The van der Waals surface area contributed by atoms with E-state index in [1.807, 2.05) is 5.32 Å². The highest BCUT2D eigenvalue weighted by atomic mass is 32.2. The van der Waals surface area contributed by atoms with Gasteiger partial charge < -0.3 is 20.3 Å². The molecule has 222 valence electrons. The van der Waals surface area contributed by atoms with Crippen molar-refractivity contribution in [2.24, 2.45) is 0 Å². The molecule has 0 saturated carbocycles. The maximum Gasteiger partial charge on any atom is 0.414 e. The molecule has 0 aromatic heterocycles. The monoisotopic (exact) mass is 602 g/mol. The number of nitrogens with zero attached hydrogens (tertiary/aromatic N) is 3. The lowest BCUT2D eigenvalue weighted by molar-refractivity contribution is -0.132. The zero-order chi connectivity index (χ0) is 29.9. The summed E-state index contributed by atoms with van der Waals surface area (Å²) in [5, 5.41) is 4.45. The van der Waals surface area contributed by atoms with Gasteiger partial charge in [0.25, 0.3) is 15.9 Å². The van der Waals surface area contributed by atoms with Crippen LogP contribution in [-0.4, -0.2) is 82.5 Å². The van der Waals surface area contributed by atoms with Crippen LogP contribution in [0.2, 0.25) is 0 Å². The average molecular weight is 603 g/mol. The van der Waals surface area contributed by atoms with Crippen LogP contribution >= 0.6 is 0 Å². The largest absolute Gasteiger partial charge is 0.442 e. The maximum absolute atomic E-state index is 15.2. The Morgan fingerprint density at radius 2 is 1.76 bits per heavy atom. The smallest absolute Gasteiger partial charge is 0.414 e. The molecule has 2 heterocycles. The predicted molar refractivity (Wildman–Crippen MR) is 138 cm³/mol. The van der Waals surface area contributed by atoms with E-state index in [-0.39, 0.29) is 49.2 Å². The highest BCUT2D eigenvalue weighted by Crippen LogP contribution is 2.31. The number of carbonyl (C=O) groups is 3. The fourth-order valence-corrected chi connectivity index (χ4v) is 5.64. The number of amides is 3. The summed E-state index contributed by atoms with van der Waals surface area (Å²) in [7, 11) is -4.03. The Kier molecular flexibility index (Phi) is 8.98. The number of carbonyl (C=O) groups excluding carboxylic acids is 3. The second-order valence-corrected chi connectivity index (χ2v) is 11.0. The standard InChI is InChI=1S/C24H26F4N6O6S/c1-14(35)31-15-2-4-18(5-3-15)41(38,39)34-9-8-32(7-6-30-34)21-19(25)10-16(11-20(21)26)33-13-17(40-24(33)37)12-29-23(36)22(27)28/h2-5,10-11,17,22,30H,6-9,12-13H2,1H3,(H,29,36)(H,31,35). The molecule has 2 saturated heterocycles. The van der Waals surface area contributed by atoms with Crippen molar-refractivity contribution in [3.8, 4) is 0 Å². The predicted octanol–water partition coefficient (Wildman–Crippen LogP) is 1.65. The summed E-state index contributed by atoms with van der Waals surface area (Å²) in [6, 6.07) is 7.32. The molecule has 0 bridgehead atoms. The van der Waals surface area contributed by atoms with Crippen molar-refractivity contribution in [2.75, 3.05) is 54.4 Å². The molecule has 1 atom stereocenters. The number of sulfonamides is 1. The molecule has 0 spiro atoms. The highest BCUT2D eigenvalue weighted by Gasteiger charge is 2.35. The molecule has 17 heteroatoms. The fraction of sp³-hybridized carbons (Fsp3) is 0.375. The van der Waals surface area contributed by atoms with Crippen molar-refractivity contribution in [3.63, 3.8) is 0 Å². The van der Waals surface area contributed by atoms with Gasteiger partial charge in [0.15, 0.2) is 11.6 Å². The van der Waals surface area contributed by atoms with Crippen molar-refractivity contribution >= 4 is 45.0 Å². The molecule has 12 nitrogen and oxygen atoms in total. The van der Waals surface area contributed by atoms with Gasteiger partial charge in [-0.15, -0.1) is 4.41 Å². The molecule has 2 aliphatic rings. The molecule has 2 fully saturated rings. The minimum atomic E-state index is -4.03. The number of hydrogen-bond acceptors (Lipinski definition) is 8. The number of halogens is 4. The van der Waals surface area contributed by atoms with E-state index in [0.29, 0.717) is 5.69 Å². The normalized spacial score (nSPS) is 18.3. The van der Waals surface area contributed by atoms with Crippen LogP contribution < -0.4 is 25.9 Å². The zero-order valence-electron chi connectivity index (χ0n) is 21.6. The van der Waals surface area contributed by atoms with Gasteiger partial charge in [0.2, 0.25) is 5.91 Å². The first kappa shape index (κ1) is 30.0. The highest BCUT2D eigenvalue weighted by molar-refractivity contribution is 7.89. The summed E-state index contributed by atoms with van der Waals surface area (Å²) in [4.78, 5) is 36.6. The van der Waals surface area contributed by atoms with E-state index < -0.39 is 58.4 Å². The first-order valence-corrected chi connectivity index (χ1v) is 13.7. The number of benzene rings is 2. The molecule has 0 aliphatic carbocycles. The first-order chi connectivity index (χ1) is 19.4. The fourth-order valence-electron chi connectivity index (χ4n) is 4.32. The second-order valence-electron chi connectivity index (χ2n) is 9.10. The van der Waals surface area contributed by atoms with Crippen LogP contribution in [0.1, 0.15) is 6.92 Å². The Labute approximate surface area is 232 Å². The van der Waals surface area contributed by atoms with Crippen molar-refractivity contribution in [2.45, 2.75) is 24.3 Å². The second kappa shape index (κ2) is 12.3. The number of rotatable bonds is 8. The summed E-state index contributed by atoms with van der Waals surface area (Å²) < 4.78 is 87.3. The van der Waals surface area contributed by atoms with Gasteiger partial charge in [-0.25, -0.2) is 27.4 Å². The molecule has 0 radical (unpaired) electrons. The van der Waals surface area contributed by atoms with E-state index in [1.54, 1.807) is 0 Å². The van der Waals surface area contributed by atoms with Crippen LogP contribution in [0.3, 0.4) is 0 Å². The number of anilines is 3. The molecular weight excluding hydrogens is 576 g/mol. The number of alkyl halides is 2. The first-order valence-electron chi connectivity index (χ1n) is 12.3. The Morgan fingerprint density at radius 1 is 1.10 bits per heavy atom. The number of hydrazine groups is 1. The molecule has 3 amide bonds. The van der Waals surface area contributed by atoms with Crippen LogP contribution in [0, 0.1) is 11.6 Å². The Morgan fingerprint density at radius 3 is 2.37 bits per heavy atom. The van der Waals surface area contributed by atoms with Gasteiger partial charge in [0, 0.05) is 50.9 Å². The molecule has 4 rings (SSSR count). The van der Waals surface area contributed by atoms with Gasteiger partial charge in [-0.05, 0) is 24.3 Å². The third-order valence-electron chi connectivity index (χ3n) is 6.21.